The molecule has 7 nitrogen and oxygen atoms in total. The van der Waals surface area contributed by atoms with Crippen LogP contribution >= 0.6 is 0 Å². The molecule has 2 aromatic carbocycles. The number of rotatable bonds is 5. The molecule has 2 aliphatic rings. The van der Waals surface area contributed by atoms with Crippen molar-refractivity contribution in [3.05, 3.63) is 65.2 Å². The van der Waals surface area contributed by atoms with Gasteiger partial charge in [-0.25, -0.2) is 0 Å². The zero-order valence-electron chi connectivity index (χ0n) is 18.4. The number of nitrogens with zero attached hydrogens (tertiary/aromatic N) is 2. The second kappa shape index (κ2) is 9.73. The Morgan fingerprint density at radius 3 is 2.72 bits per heavy atom. The second-order valence-corrected chi connectivity index (χ2v) is 8.48. The highest BCUT2D eigenvalue weighted by atomic mass is 16.5. The Morgan fingerprint density at radius 1 is 1.22 bits per heavy atom. The highest BCUT2D eigenvalue weighted by Gasteiger charge is 2.37. The van der Waals surface area contributed by atoms with Crippen molar-refractivity contribution in [2.45, 2.75) is 43.6 Å². The third-order valence-electron chi connectivity index (χ3n) is 6.61. The van der Waals surface area contributed by atoms with Crippen LogP contribution in [0, 0.1) is 11.5 Å². The fourth-order valence-electron chi connectivity index (χ4n) is 4.74. The largest absolute Gasteiger partial charge is 0.493 e. The molecule has 1 fully saturated rings. The number of guanidine groups is 1. The van der Waals surface area contributed by atoms with Crippen molar-refractivity contribution in [2.75, 3.05) is 20.2 Å². The lowest BCUT2D eigenvalue weighted by Gasteiger charge is -2.41. The van der Waals surface area contributed by atoms with E-state index in [0.717, 1.165) is 43.4 Å². The molecular weight excluding hydrogens is 402 g/mol. The van der Waals surface area contributed by atoms with Crippen LogP contribution < -0.4 is 20.7 Å². The molecule has 0 bridgehead atoms. The molecule has 1 aliphatic heterocycles. The van der Waals surface area contributed by atoms with E-state index in [0.29, 0.717) is 24.7 Å². The molecule has 32 heavy (non-hydrogen) atoms. The number of hydrogen-bond donors (Lipinski definition) is 3. The van der Waals surface area contributed by atoms with Crippen molar-refractivity contribution in [2.24, 2.45) is 4.99 Å². The van der Waals surface area contributed by atoms with Gasteiger partial charge in [0.2, 0.25) is 5.96 Å². The molecule has 1 heterocycles. The SMILES string of the molecule is CN=C(NC#N)NC1CCC(CNC(=O)c2ccc3c(c2)OCC3)(c2ccccc2)CC1. The van der Waals surface area contributed by atoms with Gasteiger partial charge >= 0.3 is 0 Å². The minimum atomic E-state index is -0.130. The Hall–Kier alpha value is -3.53. The number of nitrogens with one attached hydrogen (secondary N) is 3. The van der Waals surface area contributed by atoms with Crippen LogP contribution in [-0.2, 0) is 11.8 Å². The van der Waals surface area contributed by atoms with Gasteiger partial charge in [0.25, 0.3) is 5.91 Å². The quantitative estimate of drug-likeness (QED) is 0.293. The van der Waals surface area contributed by atoms with Gasteiger partial charge in [0, 0.05) is 37.0 Å². The summed E-state index contributed by atoms with van der Waals surface area (Å²) in [5, 5.41) is 18.0. The standard InChI is InChI=1S/C25H29N5O2/c1-27-24(29-17-26)30-21-9-12-25(13-10-21,20-5-3-2-4-6-20)16-28-23(31)19-8-7-18-11-14-32-22(18)15-19/h2-8,15,21H,9-14,16H2,1H3,(H,28,31)(H2,27,29,30). The number of fused-ring (bicyclic) bond motifs is 1. The van der Waals surface area contributed by atoms with Gasteiger partial charge in [-0.2, -0.15) is 5.26 Å². The summed E-state index contributed by atoms with van der Waals surface area (Å²) < 4.78 is 5.62. The predicted octanol–water partition coefficient (Wildman–Crippen LogP) is 2.88. The van der Waals surface area contributed by atoms with Crippen LogP contribution in [0.5, 0.6) is 5.75 Å². The van der Waals surface area contributed by atoms with E-state index in [1.54, 1.807) is 7.05 Å². The van der Waals surface area contributed by atoms with E-state index in [1.165, 1.54) is 5.56 Å². The molecule has 1 aliphatic carbocycles. The number of carbonyl (C=O) groups is 1. The third kappa shape index (κ3) is 4.70. The number of benzene rings is 2. The summed E-state index contributed by atoms with van der Waals surface area (Å²) in [7, 11) is 1.66. The Bertz CT molecular complexity index is 1020. The summed E-state index contributed by atoms with van der Waals surface area (Å²) in [5.74, 6) is 1.25. The Kier molecular flexibility index (Phi) is 6.60. The van der Waals surface area contributed by atoms with Gasteiger partial charge in [0.05, 0.1) is 6.61 Å². The average molecular weight is 432 g/mol. The Morgan fingerprint density at radius 2 is 2.00 bits per heavy atom. The lowest BCUT2D eigenvalue weighted by Crippen LogP contribution is -2.49. The van der Waals surface area contributed by atoms with Crippen molar-refractivity contribution in [1.82, 2.24) is 16.0 Å². The molecule has 0 radical (unpaired) electrons. The lowest BCUT2D eigenvalue weighted by atomic mass is 9.68. The summed E-state index contributed by atoms with van der Waals surface area (Å²) in [4.78, 5) is 17.0. The molecule has 4 rings (SSSR count). The molecule has 166 valence electrons. The van der Waals surface area contributed by atoms with Crippen molar-refractivity contribution in [3.63, 3.8) is 0 Å². The molecule has 7 heteroatoms. The summed E-state index contributed by atoms with van der Waals surface area (Å²) >= 11 is 0. The van der Waals surface area contributed by atoms with E-state index >= 15 is 0 Å². The zero-order valence-corrected chi connectivity index (χ0v) is 18.4. The first kappa shape index (κ1) is 21.7. The number of aliphatic imine (C=N–C) groups is 1. The van der Waals surface area contributed by atoms with E-state index in [4.69, 9.17) is 10.00 Å². The van der Waals surface area contributed by atoms with Crippen LogP contribution in [0.2, 0.25) is 0 Å². The molecule has 0 unspecified atom stereocenters. The third-order valence-corrected chi connectivity index (χ3v) is 6.61. The van der Waals surface area contributed by atoms with E-state index in [-0.39, 0.29) is 17.4 Å². The molecule has 0 spiro atoms. The maximum absolute atomic E-state index is 12.9. The molecule has 0 atom stereocenters. The number of carbonyl (C=O) groups excluding carboxylic acids is 1. The van der Waals surface area contributed by atoms with Crippen molar-refractivity contribution < 1.29 is 9.53 Å². The second-order valence-electron chi connectivity index (χ2n) is 8.48. The summed E-state index contributed by atoms with van der Waals surface area (Å²) in [6, 6.07) is 16.4. The van der Waals surface area contributed by atoms with Crippen LogP contribution in [0.15, 0.2) is 53.5 Å². The average Bonchev–Trinajstić information content (AvgIpc) is 3.32. The molecule has 1 saturated carbocycles. The fourth-order valence-corrected chi connectivity index (χ4v) is 4.74. The van der Waals surface area contributed by atoms with Gasteiger partial charge in [-0.1, -0.05) is 36.4 Å². The van der Waals surface area contributed by atoms with Gasteiger partial charge in [-0.05, 0) is 48.9 Å². The van der Waals surface area contributed by atoms with Crippen molar-refractivity contribution >= 4 is 11.9 Å². The fraction of sp³-hybridized carbons (Fsp3) is 0.400. The highest BCUT2D eigenvalue weighted by molar-refractivity contribution is 5.94. The molecule has 0 aromatic heterocycles. The van der Waals surface area contributed by atoms with Crippen LogP contribution in [0.1, 0.15) is 47.2 Å². The van der Waals surface area contributed by atoms with E-state index in [2.05, 4.69) is 45.2 Å². The van der Waals surface area contributed by atoms with E-state index in [9.17, 15) is 4.79 Å². The van der Waals surface area contributed by atoms with E-state index < -0.39 is 0 Å². The zero-order chi connectivity index (χ0) is 22.4. The maximum Gasteiger partial charge on any atom is 0.251 e. The molecule has 3 N–H and O–H groups in total. The Labute approximate surface area is 188 Å². The number of amides is 1. The molecule has 2 aromatic rings. The minimum Gasteiger partial charge on any atom is -0.493 e. The van der Waals surface area contributed by atoms with Crippen molar-refractivity contribution in [3.8, 4) is 11.9 Å². The number of ether oxygens (including phenoxy) is 1. The van der Waals surface area contributed by atoms with Gasteiger partial charge in [0.15, 0.2) is 6.19 Å². The van der Waals surface area contributed by atoms with Crippen LogP contribution in [0.4, 0.5) is 0 Å². The van der Waals surface area contributed by atoms with E-state index in [1.807, 2.05) is 30.5 Å². The van der Waals surface area contributed by atoms with Crippen LogP contribution in [0.3, 0.4) is 0 Å². The van der Waals surface area contributed by atoms with Crippen LogP contribution in [-0.4, -0.2) is 38.1 Å². The summed E-state index contributed by atoms with van der Waals surface area (Å²) in [5.41, 5.74) is 2.91. The smallest absolute Gasteiger partial charge is 0.251 e. The first-order chi connectivity index (χ1) is 15.6. The molecular formula is C25H29N5O2. The number of nitriles is 1. The van der Waals surface area contributed by atoms with Gasteiger partial charge in [-0.15, -0.1) is 0 Å². The normalized spacial score (nSPS) is 22.2. The highest BCUT2D eigenvalue weighted by Crippen LogP contribution is 2.39. The monoisotopic (exact) mass is 431 g/mol. The van der Waals surface area contributed by atoms with Gasteiger partial charge in [0.1, 0.15) is 5.75 Å². The van der Waals surface area contributed by atoms with Gasteiger partial charge < -0.3 is 15.4 Å². The lowest BCUT2D eigenvalue weighted by molar-refractivity contribution is 0.0934. The Balaban J connectivity index is 1.45. The van der Waals surface area contributed by atoms with Gasteiger partial charge in [-0.3, -0.25) is 15.1 Å². The summed E-state index contributed by atoms with van der Waals surface area (Å²) in [6.45, 7) is 1.26. The number of hydrogen-bond acceptors (Lipinski definition) is 4. The predicted molar refractivity (Wildman–Crippen MR) is 124 cm³/mol. The first-order valence-corrected chi connectivity index (χ1v) is 11.1. The molecule has 0 saturated heterocycles. The summed E-state index contributed by atoms with van der Waals surface area (Å²) in [6.07, 6.45) is 6.50. The molecule has 1 amide bonds. The first-order valence-electron chi connectivity index (χ1n) is 11.1. The van der Waals surface area contributed by atoms with Crippen LogP contribution in [0.25, 0.3) is 0 Å². The topological polar surface area (TPSA) is 98.5 Å². The minimum absolute atomic E-state index is 0.0718. The van der Waals surface area contributed by atoms with Crippen molar-refractivity contribution in [1.29, 1.82) is 5.26 Å². The maximum atomic E-state index is 12.9.